The Hall–Kier alpha value is -3.64. The van der Waals surface area contributed by atoms with Gasteiger partial charge in [0.1, 0.15) is 5.75 Å². The van der Waals surface area contributed by atoms with Gasteiger partial charge in [0.15, 0.2) is 5.11 Å². The predicted octanol–water partition coefficient (Wildman–Crippen LogP) is 5.67. The topological polar surface area (TPSA) is 42.3 Å². The number of pyridine rings is 1. The molecule has 1 N–H and O–H groups in total. The molecule has 0 bridgehead atoms. The SMILES string of the molecule is COc1ccc(-n2c(C)cc([C@@H]3[C@@H](c4ccccn4)NC(=S)N3c3ccccc3)c2C)cc1. The molecule has 1 aliphatic rings. The largest absolute Gasteiger partial charge is 0.497 e. The van der Waals surface area contributed by atoms with Gasteiger partial charge in [-0.1, -0.05) is 24.3 Å². The van der Waals surface area contributed by atoms with E-state index in [2.05, 4.69) is 70.0 Å². The summed E-state index contributed by atoms with van der Waals surface area (Å²) in [5.41, 5.74) is 6.70. The van der Waals surface area contributed by atoms with E-state index in [1.54, 1.807) is 7.11 Å². The van der Waals surface area contributed by atoms with Crippen LogP contribution in [0.5, 0.6) is 5.75 Å². The third kappa shape index (κ3) is 3.76. The minimum atomic E-state index is -0.0660. The number of ether oxygens (including phenoxy) is 1. The molecule has 33 heavy (non-hydrogen) atoms. The van der Waals surface area contributed by atoms with Crippen LogP contribution in [0.2, 0.25) is 0 Å². The van der Waals surface area contributed by atoms with E-state index in [1.165, 1.54) is 17.0 Å². The Labute approximate surface area is 199 Å². The summed E-state index contributed by atoms with van der Waals surface area (Å²) in [7, 11) is 1.69. The molecular formula is C27H26N4OS. The molecular weight excluding hydrogens is 428 g/mol. The number of nitrogens with zero attached hydrogens (tertiary/aromatic N) is 3. The molecule has 0 unspecified atom stereocenters. The van der Waals surface area contributed by atoms with Crippen LogP contribution in [0.3, 0.4) is 0 Å². The van der Waals surface area contributed by atoms with Gasteiger partial charge < -0.3 is 19.5 Å². The van der Waals surface area contributed by atoms with Crippen molar-refractivity contribution < 1.29 is 4.74 Å². The highest BCUT2D eigenvalue weighted by atomic mass is 32.1. The van der Waals surface area contributed by atoms with E-state index in [0.717, 1.165) is 22.8 Å². The number of anilines is 1. The predicted molar refractivity (Wildman–Crippen MR) is 136 cm³/mol. The van der Waals surface area contributed by atoms with Gasteiger partial charge >= 0.3 is 0 Å². The molecule has 0 spiro atoms. The van der Waals surface area contributed by atoms with Crippen molar-refractivity contribution in [3.63, 3.8) is 0 Å². The zero-order chi connectivity index (χ0) is 22.9. The quantitative estimate of drug-likeness (QED) is 0.393. The van der Waals surface area contributed by atoms with Crippen molar-refractivity contribution in [2.24, 2.45) is 0 Å². The van der Waals surface area contributed by atoms with Gasteiger partial charge in [-0.15, -0.1) is 0 Å². The summed E-state index contributed by atoms with van der Waals surface area (Å²) in [6, 6.07) is 26.7. The van der Waals surface area contributed by atoms with Crippen LogP contribution in [-0.4, -0.2) is 21.8 Å². The van der Waals surface area contributed by atoms with Gasteiger partial charge in [-0.25, -0.2) is 0 Å². The van der Waals surface area contributed by atoms with Crippen LogP contribution < -0.4 is 15.0 Å². The maximum Gasteiger partial charge on any atom is 0.174 e. The summed E-state index contributed by atoms with van der Waals surface area (Å²) >= 11 is 5.85. The van der Waals surface area contributed by atoms with Crippen molar-refractivity contribution in [2.75, 3.05) is 12.0 Å². The Morgan fingerprint density at radius 3 is 2.30 bits per heavy atom. The molecule has 1 saturated heterocycles. The van der Waals surface area contributed by atoms with E-state index in [-0.39, 0.29) is 12.1 Å². The summed E-state index contributed by atoms with van der Waals surface area (Å²) in [4.78, 5) is 6.88. The van der Waals surface area contributed by atoms with Crippen LogP contribution in [0, 0.1) is 13.8 Å². The van der Waals surface area contributed by atoms with Gasteiger partial charge in [0, 0.05) is 29.0 Å². The zero-order valence-corrected chi connectivity index (χ0v) is 19.7. The van der Waals surface area contributed by atoms with Crippen molar-refractivity contribution in [3.05, 3.63) is 108 Å². The maximum absolute atomic E-state index is 5.85. The van der Waals surface area contributed by atoms with Crippen LogP contribution in [0.15, 0.2) is 85.1 Å². The third-order valence-corrected chi connectivity index (χ3v) is 6.57. The van der Waals surface area contributed by atoms with Crippen LogP contribution in [0.4, 0.5) is 5.69 Å². The lowest BCUT2D eigenvalue weighted by Crippen LogP contribution is -2.29. The Bertz CT molecular complexity index is 1270. The van der Waals surface area contributed by atoms with E-state index in [9.17, 15) is 0 Å². The molecule has 5 rings (SSSR count). The van der Waals surface area contributed by atoms with Gasteiger partial charge in [-0.2, -0.15) is 0 Å². The summed E-state index contributed by atoms with van der Waals surface area (Å²) in [5, 5.41) is 4.25. The van der Waals surface area contributed by atoms with Gasteiger partial charge in [-0.3, -0.25) is 4.98 Å². The average Bonchev–Trinajstić information content (AvgIpc) is 3.35. The highest BCUT2D eigenvalue weighted by Gasteiger charge is 2.42. The molecule has 2 atom stereocenters. The Kier molecular flexibility index (Phi) is 5.60. The average molecular weight is 455 g/mol. The number of methoxy groups -OCH3 is 1. The molecule has 5 nitrogen and oxygen atoms in total. The van der Waals surface area contributed by atoms with Crippen molar-refractivity contribution in [1.29, 1.82) is 0 Å². The van der Waals surface area contributed by atoms with Gasteiger partial charge in [0.05, 0.1) is 24.9 Å². The number of thiocarbonyl (C=S) groups is 1. The van der Waals surface area contributed by atoms with E-state index >= 15 is 0 Å². The number of aromatic nitrogens is 2. The van der Waals surface area contributed by atoms with E-state index in [0.29, 0.717) is 5.11 Å². The summed E-state index contributed by atoms with van der Waals surface area (Å²) in [5.74, 6) is 0.845. The Morgan fingerprint density at radius 2 is 1.64 bits per heavy atom. The highest BCUT2D eigenvalue weighted by molar-refractivity contribution is 7.80. The van der Waals surface area contributed by atoms with Crippen LogP contribution in [0.1, 0.15) is 34.7 Å². The maximum atomic E-state index is 5.85. The standard InChI is InChI=1S/C27H26N4OS/c1-18-17-23(19(2)30(18)21-12-14-22(32-3)15-13-21)26-25(24-11-7-8-16-28-24)29-27(33)31(26)20-9-5-4-6-10-20/h4-17,25-26H,1-3H3,(H,29,33)/t25-,26-/m1/s1. The molecule has 0 amide bonds. The number of rotatable bonds is 5. The number of hydrogen-bond donors (Lipinski definition) is 1. The second-order valence-electron chi connectivity index (χ2n) is 8.19. The van der Waals surface area contributed by atoms with Crippen molar-refractivity contribution >= 4 is 23.0 Å². The molecule has 2 aromatic heterocycles. The summed E-state index contributed by atoms with van der Waals surface area (Å²) < 4.78 is 7.63. The smallest absolute Gasteiger partial charge is 0.174 e. The summed E-state index contributed by atoms with van der Waals surface area (Å²) in [6.07, 6.45) is 1.84. The fourth-order valence-electron chi connectivity index (χ4n) is 4.75. The van der Waals surface area contributed by atoms with Crippen molar-refractivity contribution in [1.82, 2.24) is 14.9 Å². The Balaban J connectivity index is 1.65. The second-order valence-corrected chi connectivity index (χ2v) is 8.58. The van der Waals surface area contributed by atoms with Crippen LogP contribution >= 0.6 is 12.2 Å². The van der Waals surface area contributed by atoms with Crippen molar-refractivity contribution in [2.45, 2.75) is 25.9 Å². The molecule has 0 aliphatic carbocycles. The molecule has 1 aliphatic heterocycles. The number of nitrogens with one attached hydrogen (secondary N) is 1. The molecule has 0 radical (unpaired) electrons. The van der Waals surface area contributed by atoms with Gasteiger partial charge in [0.2, 0.25) is 0 Å². The monoisotopic (exact) mass is 454 g/mol. The highest BCUT2D eigenvalue weighted by Crippen LogP contribution is 2.43. The minimum absolute atomic E-state index is 0.0343. The van der Waals surface area contributed by atoms with Crippen molar-refractivity contribution in [3.8, 4) is 11.4 Å². The first-order chi connectivity index (χ1) is 16.1. The van der Waals surface area contributed by atoms with E-state index in [1.807, 2.05) is 48.7 Å². The first kappa shape index (κ1) is 21.2. The molecule has 1 fully saturated rings. The number of hydrogen-bond acceptors (Lipinski definition) is 3. The molecule has 6 heteroatoms. The van der Waals surface area contributed by atoms with E-state index < -0.39 is 0 Å². The first-order valence-corrected chi connectivity index (χ1v) is 11.4. The molecule has 166 valence electrons. The van der Waals surface area contributed by atoms with Crippen LogP contribution in [0.25, 0.3) is 5.69 Å². The Morgan fingerprint density at radius 1 is 0.909 bits per heavy atom. The first-order valence-electron chi connectivity index (χ1n) is 11.0. The second kappa shape index (κ2) is 8.71. The van der Waals surface area contributed by atoms with E-state index in [4.69, 9.17) is 17.0 Å². The van der Waals surface area contributed by atoms with Gasteiger partial charge in [-0.05, 0) is 86.2 Å². The lowest BCUT2D eigenvalue weighted by atomic mass is 9.96. The van der Waals surface area contributed by atoms with Gasteiger partial charge in [0.25, 0.3) is 0 Å². The minimum Gasteiger partial charge on any atom is -0.497 e. The number of benzene rings is 2. The number of aryl methyl sites for hydroxylation is 1. The van der Waals surface area contributed by atoms with Crippen LogP contribution in [-0.2, 0) is 0 Å². The third-order valence-electron chi connectivity index (χ3n) is 6.25. The fraction of sp³-hybridized carbons (Fsp3) is 0.185. The zero-order valence-electron chi connectivity index (χ0n) is 18.9. The normalized spacial score (nSPS) is 17.8. The lowest BCUT2D eigenvalue weighted by molar-refractivity contribution is 0.414. The molecule has 4 aromatic rings. The lowest BCUT2D eigenvalue weighted by Gasteiger charge is -2.28. The molecule has 3 heterocycles. The molecule has 2 aromatic carbocycles. The fourth-order valence-corrected chi connectivity index (χ4v) is 5.10. The molecule has 0 saturated carbocycles. The number of para-hydroxylation sites is 1. The summed E-state index contributed by atoms with van der Waals surface area (Å²) in [6.45, 7) is 4.32.